The molecule has 2 atom stereocenters. The first-order chi connectivity index (χ1) is 18.7. The summed E-state index contributed by atoms with van der Waals surface area (Å²) in [6, 6.07) is 21.1. The number of carbonyl (C=O) groups excluding carboxylic acids is 1. The van der Waals surface area contributed by atoms with Gasteiger partial charge in [0.05, 0.1) is 23.3 Å². The highest BCUT2D eigenvalue weighted by Gasteiger charge is 2.41. The third-order valence-electron chi connectivity index (χ3n) is 6.73. The first-order valence-electron chi connectivity index (χ1n) is 12.4. The van der Waals surface area contributed by atoms with Crippen molar-refractivity contribution in [1.82, 2.24) is 19.8 Å². The van der Waals surface area contributed by atoms with Crippen molar-refractivity contribution in [2.24, 2.45) is 0 Å². The van der Waals surface area contributed by atoms with E-state index in [0.717, 1.165) is 34.8 Å². The van der Waals surface area contributed by atoms with Gasteiger partial charge in [0.2, 0.25) is 5.91 Å². The number of para-hydroxylation sites is 1. The van der Waals surface area contributed by atoms with Gasteiger partial charge in [-0.3, -0.25) is 9.78 Å². The third-order valence-corrected chi connectivity index (χ3v) is 7.08. The Bertz CT molecular complexity index is 1490. The summed E-state index contributed by atoms with van der Waals surface area (Å²) in [5, 5.41) is 6.71. The fourth-order valence-electron chi connectivity index (χ4n) is 4.82. The maximum Gasteiger partial charge on any atom is 0.416 e. The number of hydrogen-bond acceptors (Lipinski definition) is 3. The molecule has 1 aliphatic rings. The molecule has 0 saturated carbocycles. The van der Waals surface area contributed by atoms with Crippen molar-refractivity contribution in [3.05, 3.63) is 114 Å². The minimum Gasteiger partial charge on any atom is -0.352 e. The smallest absolute Gasteiger partial charge is 0.352 e. The van der Waals surface area contributed by atoms with Gasteiger partial charge in [0.15, 0.2) is 5.11 Å². The predicted molar refractivity (Wildman–Crippen MR) is 147 cm³/mol. The molecule has 0 aliphatic carbocycles. The molecule has 2 aromatic carbocycles. The molecule has 6 nitrogen and oxygen atoms in total. The zero-order valence-corrected chi connectivity index (χ0v) is 21.8. The largest absolute Gasteiger partial charge is 0.416 e. The van der Waals surface area contributed by atoms with E-state index in [9.17, 15) is 18.0 Å². The molecule has 1 fully saturated rings. The van der Waals surface area contributed by atoms with Gasteiger partial charge in [-0.05, 0) is 73.2 Å². The summed E-state index contributed by atoms with van der Waals surface area (Å²) in [7, 11) is 0. The maximum absolute atomic E-state index is 13.5. The van der Waals surface area contributed by atoms with E-state index < -0.39 is 17.8 Å². The molecule has 0 spiro atoms. The highest BCUT2D eigenvalue weighted by molar-refractivity contribution is 7.80. The molecule has 1 amide bonds. The standard InChI is InChI=1S/C29H26F3N5OS/c1-19-8-2-3-11-22(19)34-25(38)14-17-37-27(26(35-28(37)39)23-12-4-5-15-33-23)24-13-7-16-36(24)21-10-6-9-20(18-21)29(30,31)32/h2-13,15-16,18,26-27H,14,17H2,1H3,(H,34,38)(H,35,39)/t26-,27+/m1/s1. The highest BCUT2D eigenvalue weighted by Crippen LogP contribution is 2.40. The number of aryl methyl sites for hydroxylation is 1. The molecule has 2 aromatic heterocycles. The van der Waals surface area contributed by atoms with Crippen LogP contribution < -0.4 is 10.6 Å². The van der Waals surface area contributed by atoms with Gasteiger partial charge < -0.3 is 20.1 Å². The predicted octanol–water partition coefficient (Wildman–Crippen LogP) is 6.20. The van der Waals surface area contributed by atoms with Crippen molar-refractivity contribution in [3.63, 3.8) is 0 Å². The van der Waals surface area contributed by atoms with Crippen molar-refractivity contribution in [2.75, 3.05) is 11.9 Å². The molecular formula is C29H26F3N5OS. The number of thiocarbonyl (C=S) groups is 1. The summed E-state index contributed by atoms with van der Waals surface area (Å²) in [5.41, 5.74) is 2.79. The summed E-state index contributed by atoms with van der Waals surface area (Å²) in [6.45, 7) is 2.22. The Hall–Kier alpha value is -4.18. The number of anilines is 1. The Labute approximate surface area is 229 Å². The maximum atomic E-state index is 13.5. The molecule has 1 aliphatic heterocycles. The van der Waals surface area contributed by atoms with Crippen LogP contribution in [0, 0.1) is 6.92 Å². The third kappa shape index (κ3) is 5.65. The van der Waals surface area contributed by atoms with Gasteiger partial charge in [-0.2, -0.15) is 13.2 Å². The van der Waals surface area contributed by atoms with Crippen molar-refractivity contribution in [1.29, 1.82) is 0 Å². The van der Waals surface area contributed by atoms with Gasteiger partial charge in [-0.15, -0.1) is 0 Å². The van der Waals surface area contributed by atoms with Crippen molar-refractivity contribution in [2.45, 2.75) is 31.6 Å². The highest BCUT2D eigenvalue weighted by atomic mass is 32.1. The number of benzene rings is 2. The molecule has 4 aromatic rings. The lowest BCUT2D eigenvalue weighted by Gasteiger charge is -2.29. The van der Waals surface area contributed by atoms with Gasteiger partial charge in [-0.1, -0.05) is 30.3 Å². The van der Waals surface area contributed by atoms with E-state index in [-0.39, 0.29) is 18.4 Å². The van der Waals surface area contributed by atoms with E-state index >= 15 is 0 Å². The molecule has 3 heterocycles. The number of nitrogens with one attached hydrogen (secondary N) is 2. The molecule has 10 heteroatoms. The molecule has 0 radical (unpaired) electrons. The first kappa shape index (κ1) is 26.4. The SMILES string of the molecule is Cc1ccccc1NC(=O)CCN1C(=S)N[C@H](c2ccccn2)[C@@H]1c1cccn1-c1cccc(C(F)(F)F)c1. The van der Waals surface area contributed by atoms with E-state index in [4.69, 9.17) is 12.2 Å². The molecule has 5 rings (SSSR count). The van der Waals surface area contributed by atoms with Crippen LogP contribution in [-0.4, -0.2) is 32.0 Å². The Morgan fingerprint density at radius 1 is 1.05 bits per heavy atom. The number of alkyl halides is 3. The van der Waals surface area contributed by atoms with Crippen molar-refractivity contribution < 1.29 is 18.0 Å². The molecular weight excluding hydrogens is 523 g/mol. The summed E-state index contributed by atoms with van der Waals surface area (Å²) in [5.74, 6) is -0.166. The summed E-state index contributed by atoms with van der Waals surface area (Å²) in [4.78, 5) is 19.3. The van der Waals surface area contributed by atoms with E-state index in [0.29, 0.717) is 17.3 Å². The van der Waals surface area contributed by atoms with Crippen LogP contribution in [0.15, 0.2) is 91.3 Å². The van der Waals surface area contributed by atoms with E-state index in [1.54, 1.807) is 29.1 Å². The second-order valence-electron chi connectivity index (χ2n) is 9.28. The van der Waals surface area contributed by atoms with Gasteiger partial charge in [0.25, 0.3) is 0 Å². The summed E-state index contributed by atoms with van der Waals surface area (Å²) in [6.07, 6.45) is -0.898. The number of pyridine rings is 1. The first-order valence-corrected chi connectivity index (χ1v) is 12.8. The Morgan fingerprint density at radius 3 is 2.59 bits per heavy atom. The number of halogens is 3. The quantitative estimate of drug-likeness (QED) is 0.269. The number of aromatic nitrogens is 2. The monoisotopic (exact) mass is 549 g/mol. The van der Waals surface area contributed by atoms with Crippen molar-refractivity contribution >= 4 is 28.9 Å². The van der Waals surface area contributed by atoms with E-state index in [1.165, 1.54) is 6.07 Å². The Balaban J connectivity index is 1.47. The van der Waals surface area contributed by atoms with Crippen LogP contribution >= 0.6 is 12.2 Å². The van der Waals surface area contributed by atoms with Crippen LogP contribution in [0.5, 0.6) is 0 Å². The normalized spacial score (nSPS) is 17.2. The molecule has 0 bridgehead atoms. The average molecular weight is 550 g/mol. The van der Waals surface area contributed by atoms with Gasteiger partial charge in [0.1, 0.15) is 0 Å². The number of carbonyl (C=O) groups is 1. The lowest BCUT2D eigenvalue weighted by atomic mass is 10.0. The second kappa shape index (κ2) is 10.9. The van der Waals surface area contributed by atoms with Gasteiger partial charge in [-0.25, -0.2) is 0 Å². The number of hydrogen-bond donors (Lipinski definition) is 2. The Kier molecular flexibility index (Phi) is 7.38. The zero-order valence-electron chi connectivity index (χ0n) is 21.0. The summed E-state index contributed by atoms with van der Waals surface area (Å²) < 4.78 is 42.2. The molecule has 1 saturated heterocycles. The molecule has 0 unspecified atom stereocenters. The minimum atomic E-state index is -4.47. The van der Waals surface area contributed by atoms with Crippen LogP contribution in [-0.2, 0) is 11.0 Å². The molecule has 200 valence electrons. The van der Waals surface area contributed by atoms with Gasteiger partial charge in [0, 0.05) is 42.4 Å². The van der Waals surface area contributed by atoms with E-state index in [1.807, 2.05) is 60.4 Å². The van der Waals surface area contributed by atoms with E-state index in [2.05, 4.69) is 15.6 Å². The topological polar surface area (TPSA) is 62.2 Å². The van der Waals surface area contributed by atoms with Gasteiger partial charge >= 0.3 is 6.18 Å². The number of amides is 1. The molecule has 2 N–H and O–H groups in total. The summed E-state index contributed by atoms with van der Waals surface area (Å²) >= 11 is 5.70. The van der Waals surface area contributed by atoms with Crippen molar-refractivity contribution in [3.8, 4) is 5.69 Å². The number of rotatable bonds is 7. The fraction of sp³-hybridized carbons (Fsp3) is 0.207. The zero-order chi connectivity index (χ0) is 27.6. The van der Waals surface area contributed by atoms with Crippen LogP contribution in [0.25, 0.3) is 5.69 Å². The lowest BCUT2D eigenvalue weighted by Crippen LogP contribution is -2.33. The minimum absolute atomic E-state index is 0.159. The average Bonchev–Trinajstić information content (AvgIpc) is 3.53. The Morgan fingerprint density at radius 2 is 1.85 bits per heavy atom. The van der Waals surface area contributed by atoms with Crippen LogP contribution in [0.3, 0.4) is 0 Å². The second-order valence-corrected chi connectivity index (χ2v) is 9.67. The fourth-order valence-corrected chi connectivity index (χ4v) is 5.15. The van der Waals surface area contributed by atoms with Crippen LogP contribution in [0.4, 0.5) is 18.9 Å². The lowest BCUT2D eigenvalue weighted by molar-refractivity contribution is -0.137. The number of nitrogens with zero attached hydrogens (tertiary/aromatic N) is 3. The van der Waals surface area contributed by atoms with Crippen LogP contribution in [0.2, 0.25) is 0 Å². The van der Waals surface area contributed by atoms with Crippen LogP contribution in [0.1, 0.15) is 41.0 Å². The molecule has 39 heavy (non-hydrogen) atoms.